The van der Waals surface area contributed by atoms with Crippen molar-refractivity contribution in [3.8, 4) is 40.2 Å². The number of hydrogen-bond donors (Lipinski definition) is 0. The first kappa shape index (κ1) is 38.6. The van der Waals surface area contributed by atoms with Crippen LogP contribution < -0.4 is 33.2 Å². The molecular formula is C37H37NO14. The first-order valence-corrected chi connectivity index (χ1v) is 16.0. The van der Waals surface area contributed by atoms with E-state index in [0.29, 0.717) is 16.7 Å². The van der Waals surface area contributed by atoms with Crippen LogP contribution in [0.4, 0.5) is 0 Å². The predicted octanol–water partition coefficient (Wildman–Crippen LogP) is 4.37. The fraction of sp³-hybridized carbons (Fsp3) is 0.324. The van der Waals surface area contributed by atoms with Crippen molar-refractivity contribution in [1.82, 2.24) is 4.90 Å². The van der Waals surface area contributed by atoms with Gasteiger partial charge in [0.15, 0.2) is 23.0 Å². The smallest absolute Gasteiger partial charge is 0.308 e. The largest absolute Gasteiger partial charge is 0.483 e. The van der Waals surface area contributed by atoms with Gasteiger partial charge < -0.3 is 38.1 Å². The van der Waals surface area contributed by atoms with Crippen LogP contribution in [-0.2, 0) is 46.4 Å². The van der Waals surface area contributed by atoms with Crippen LogP contribution >= 0.6 is 0 Å². The molecule has 15 nitrogen and oxygen atoms in total. The summed E-state index contributed by atoms with van der Waals surface area (Å²) in [6.45, 7) is 8.65. The number of hydrogen-bond acceptors (Lipinski definition) is 14. The second-order valence-electron chi connectivity index (χ2n) is 11.7. The fourth-order valence-corrected chi connectivity index (χ4v) is 5.63. The first-order chi connectivity index (χ1) is 24.5. The highest BCUT2D eigenvalue weighted by Crippen LogP contribution is 2.45. The molecule has 2 atom stereocenters. The van der Waals surface area contributed by atoms with Crippen LogP contribution in [0.5, 0.6) is 40.2 Å². The molecule has 0 aliphatic carbocycles. The van der Waals surface area contributed by atoms with Gasteiger partial charge in [-0.3, -0.25) is 33.6 Å². The summed E-state index contributed by atoms with van der Waals surface area (Å²) in [5.74, 6) is -4.02. The van der Waals surface area contributed by atoms with Gasteiger partial charge in [-0.15, -0.1) is 0 Å². The van der Waals surface area contributed by atoms with Crippen molar-refractivity contribution in [3.63, 3.8) is 0 Å². The maximum absolute atomic E-state index is 13.4. The SMILES string of the molecule is CC(=O)Oc1cc(OC(C)=O)c2c(c1)O[C@H](c1ccc(OC(C)=O)c(OC(C)=O)c1)[C@H](N(CCc1ccc(OC(C)=O)c(OC(C)=O)c1)C(C)=O)C2. The number of rotatable bonds is 11. The van der Waals surface area contributed by atoms with E-state index < -0.39 is 48.0 Å². The minimum absolute atomic E-state index is 0.0165. The molecule has 0 fully saturated rings. The van der Waals surface area contributed by atoms with E-state index in [0.717, 1.165) is 0 Å². The molecule has 4 rings (SSSR count). The van der Waals surface area contributed by atoms with Gasteiger partial charge in [-0.1, -0.05) is 12.1 Å². The number of carbonyl (C=O) groups is 7. The average molecular weight is 720 g/mol. The summed E-state index contributed by atoms with van der Waals surface area (Å²) in [7, 11) is 0. The second-order valence-corrected chi connectivity index (χ2v) is 11.7. The van der Waals surface area contributed by atoms with Crippen molar-refractivity contribution in [2.45, 2.75) is 73.5 Å². The van der Waals surface area contributed by atoms with Gasteiger partial charge >= 0.3 is 35.8 Å². The molecule has 0 saturated carbocycles. The van der Waals surface area contributed by atoms with E-state index in [9.17, 15) is 33.6 Å². The van der Waals surface area contributed by atoms with Crippen LogP contribution in [0.25, 0.3) is 0 Å². The zero-order valence-electron chi connectivity index (χ0n) is 29.6. The molecule has 1 aliphatic heterocycles. The molecule has 0 saturated heterocycles. The Labute approximate surface area is 298 Å². The molecule has 3 aromatic carbocycles. The van der Waals surface area contributed by atoms with Crippen molar-refractivity contribution in [1.29, 1.82) is 0 Å². The van der Waals surface area contributed by atoms with Crippen LogP contribution in [0, 0.1) is 0 Å². The minimum atomic E-state index is -0.974. The second kappa shape index (κ2) is 16.6. The lowest BCUT2D eigenvalue weighted by atomic mass is 9.90. The molecule has 0 bridgehead atoms. The number of esters is 6. The van der Waals surface area contributed by atoms with Gasteiger partial charge in [-0.05, 0) is 41.8 Å². The van der Waals surface area contributed by atoms with Crippen molar-refractivity contribution in [2.24, 2.45) is 0 Å². The quantitative estimate of drug-likeness (QED) is 0.201. The van der Waals surface area contributed by atoms with Gasteiger partial charge in [0.05, 0.1) is 6.04 Å². The molecule has 274 valence electrons. The van der Waals surface area contributed by atoms with Crippen LogP contribution in [0.3, 0.4) is 0 Å². The number of fused-ring (bicyclic) bond motifs is 1. The van der Waals surface area contributed by atoms with Crippen LogP contribution in [-0.4, -0.2) is 59.2 Å². The van der Waals surface area contributed by atoms with Crippen LogP contribution in [0.15, 0.2) is 48.5 Å². The molecule has 0 spiro atoms. The molecular weight excluding hydrogens is 682 g/mol. The van der Waals surface area contributed by atoms with E-state index in [-0.39, 0.29) is 65.5 Å². The van der Waals surface area contributed by atoms with E-state index in [2.05, 4.69) is 0 Å². The van der Waals surface area contributed by atoms with Gasteiger partial charge in [0, 0.05) is 79.1 Å². The van der Waals surface area contributed by atoms with Gasteiger partial charge in [0.1, 0.15) is 23.4 Å². The first-order valence-electron chi connectivity index (χ1n) is 16.0. The van der Waals surface area contributed by atoms with Gasteiger partial charge in [0.25, 0.3) is 0 Å². The molecule has 1 heterocycles. The summed E-state index contributed by atoms with van der Waals surface area (Å²) >= 11 is 0. The molecule has 1 amide bonds. The minimum Gasteiger partial charge on any atom is -0.483 e. The third kappa shape index (κ3) is 10.2. The monoisotopic (exact) mass is 719 g/mol. The summed E-state index contributed by atoms with van der Waals surface area (Å²) in [5, 5.41) is 0. The van der Waals surface area contributed by atoms with E-state index >= 15 is 0 Å². The Hall–Kier alpha value is -6.25. The molecule has 1 aliphatic rings. The molecule has 0 radical (unpaired) electrons. The molecule has 0 aromatic heterocycles. The maximum atomic E-state index is 13.4. The number of amides is 1. The van der Waals surface area contributed by atoms with Crippen molar-refractivity contribution < 1.29 is 66.7 Å². The average Bonchev–Trinajstić information content (AvgIpc) is 3.01. The van der Waals surface area contributed by atoms with Crippen LogP contribution in [0.2, 0.25) is 0 Å². The highest BCUT2D eigenvalue weighted by Gasteiger charge is 2.39. The Morgan fingerprint density at radius 2 is 1.10 bits per heavy atom. The van der Waals surface area contributed by atoms with Crippen molar-refractivity contribution in [3.05, 3.63) is 65.2 Å². The summed E-state index contributed by atoms with van der Waals surface area (Å²) in [5.41, 5.74) is 1.43. The highest BCUT2D eigenvalue weighted by atomic mass is 16.6. The lowest BCUT2D eigenvalue weighted by Crippen LogP contribution is -2.48. The van der Waals surface area contributed by atoms with E-state index in [4.69, 9.17) is 33.2 Å². The van der Waals surface area contributed by atoms with Crippen molar-refractivity contribution in [2.75, 3.05) is 6.54 Å². The highest BCUT2D eigenvalue weighted by molar-refractivity contribution is 5.77. The summed E-state index contributed by atoms with van der Waals surface area (Å²) in [6, 6.07) is 11.1. The van der Waals surface area contributed by atoms with E-state index in [1.165, 1.54) is 84.9 Å². The van der Waals surface area contributed by atoms with E-state index in [1.807, 2.05) is 0 Å². The molecule has 0 unspecified atom stereocenters. The van der Waals surface area contributed by atoms with Crippen molar-refractivity contribution >= 4 is 41.7 Å². The normalized spacial score (nSPS) is 14.4. The number of nitrogens with zero attached hydrogens (tertiary/aromatic N) is 1. The maximum Gasteiger partial charge on any atom is 0.308 e. The number of benzene rings is 3. The zero-order valence-corrected chi connectivity index (χ0v) is 29.6. The van der Waals surface area contributed by atoms with Gasteiger partial charge in [-0.2, -0.15) is 0 Å². The number of ether oxygens (including phenoxy) is 7. The topological polar surface area (TPSA) is 187 Å². The standard InChI is InChI=1S/C37H37NO14/c1-19(39)38(13-12-26-8-10-31(47-21(3)41)35(14-26)50-24(6)44)30-18-29-33(49-23(5)43)16-28(46-20(2)40)17-34(29)52-37(30)27-9-11-32(48-22(4)42)36(15-27)51-25(7)45/h8-11,14-17,30,37H,12-13,18H2,1-7H3/t30-,37-/m1/s1. The Morgan fingerprint density at radius 3 is 1.63 bits per heavy atom. The number of carbonyl (C=O) groups excluding carboxylic acids is 7. The Morgan fingerprint density at radius 1 is 0.596 bits per heavy atom. The third-order valence-corrected chi connectivity index (χ3v) is 7.44. The molecule has 3 aromatic rings. The zero-order chi connectivity index (χ0) is 38.3. The fourth-order valence-electron chi connectivity index (χ4n) is 5.63. The summed E-state index contributed by atoms with van der Waals surface area (Å²) in [4.78, 5) is 86.2. The molecule has 52 heavy (non-hydrogen) atoms. The molecule has 0 N–H and O–H groups in total. The molecule has 15 heteroatoms. The third-order valence-electron chi connectivity index (χ3n) is 7.44. The van der Waals surface area contributed by atoms with E-state index in [1.54, 1.807) is 17.0 Å². The summed E-state index contributed by atoms with van der Waals surface area (Å²) < 4.78 is 38.3. The predicted molar refractivity (Wildman–Crippen MR) is 179 cm³/mol. The lowest BCUT2D eigenvalue weighted by Gasteiger charge is -2.41. The lowest BCUT2D eigenvalue weighted by molar-refractivity contribution is -0.135. The Balaban J connectivity index is 1.83. The summed E-state index contributed by atoms with van der Waals surface area (Å²) in [6.07, 6.45) is -0.671. The Kier molecular flexibility index (Phi) is 12.3. The van der Waals surface area contributed by atoms with Crippen LogP contribution in [0.1, 0.15) is 71.3 Å². The Bertz CT molecular complexity index is 1930. The van der Waals surface area contributed by atoms with Gasteiger partial charge in [0.2, 0.25) is 5.91 Å². The van der Waals surface area contributed by atoms with Gasteiger partial charge in [-0.25, -0.2) is 0 Å².